The zero-order valence-electron chi connectivity index (χ0n) is 12.0. The number of nitro benzene ring substituents is 1. The first kappa shape index (κ1) is 17.4. The molecule has 9 heteroatoms. The molecule has 0 atom stereocenters. The average molecular weight is 353 g/mol. The highest BCUT2D eigenvalue weighted by Crippen LogP contribution is 2.26. The van der Waals surface area contributed by atoms with Crippen LogP contribution >= 0.6 is 11.6 Å². The van der Waals surface area contributed by atoms with Gasteiger partial charge < -0.3 is 10.1 Å². The highest BCUT2D eigenvalue weighted by molar-refractivity contribution is 6.33. The fraction of sp³-hybridized carbons (Fsp3) is 0.0667. The third-order valence-electron chi connectivity index (χ3n) is 2.86. The summed E-state index contributed by atoms with van der Waals surface area (Å²) in [6.45, 7) is -0.702. The Kier molecular flexibility index (Phi) is 5.43. The van der Waals surface area contributed by atoms with Gasteiger partial charge in [0.2, 0.25) is 0 Å². The maximum Gasteiger partial charge on any atom is 0.341 e. The van der Waals surface area contributed by atoms with Crippen molar-refractivity contribution in [1.29, 1.82) is 0 Å². The first-order valence-electron chi connectivity index (χ1n) is 6.54. The number of nitrogens with zero attached hydrogens (tertiary/aromatic N) is 1. The van der Waals surface area contributed by atoms with Gasteiger partial charge in [-0.05, 0) is 18.2 Å². The Balaban J connectivity index is 1.99. The van der Waals surface area contributed by atoms with Gasteiger partial charge in [-0.25, -0.2) is 9.18 Å². The van der Waals surface area contributed by atoms with Gasteiger partial charge in [-0.15, -0.1) is 0 Å². The molecule has 7 nitrogen and oxygen atoms in total. The van der Waals surface area contributed by atoms with Gasteiger partial charge in [-0.3, -0.25) is 14.9 Å². The third kappa shape index (κ3) is 4.26. The highest BCUT2D eigenvalue weighted by Gasteiger charge is 2.16. The summed E-state index contributed by atoms with van der Waals surface area (Å²) in [5, 5.41) is 13.1. The molecule has 0 saturated heterocycles. The van der Waals surface area contributed by atoms with E-state index in [0.29, 0.717) is 0 Å². The summed E-state index contributed by atoms with van der Waals surface area (Å²) in [5.74, 6) is -2.56. The van der Waals surface area contributed by atoms with Gasteiger partial charge in [0.25, 0.3) is 11.6 Å². The number of non-ortho nitro benzene ring substituents is 1. The maximum absolute atomic E-state index is 13.4. The van der Waals surface area contributed by atoms with Gasteiger partial charge in [0.1, 0.15) is 5.82 Å². The maximum atomic E-state index is 13.4. The number of ether oxygens (including phenoxy) is 1. The average Bonchev–Trinajstić information content (AvgIpc) is 2.55. The van der Waals surface area contributed by atoms with Gasteiger partial charge in [-0.2, -0.15) is 0 Å². The zero-order chi connectivity index (χ0) is 17.7. The largest absolute Gasteiger partial charge is 0.452 e. The van der Waals surface area contributed by atoms with Crippen LogP contribution in [-0.4, -0.2) is 23.4 Å². The predicted molar refractivity (Wildman–Crippen MR) is 83.4 cm³/mol. The molecule has 124 valence electrons. The van der Waals surface area contributed by atoms with Crippen molar-refractivity contribution >= 4 is 34.9 Å². The number of nitro groups is 1. The quantitative estimate of drug-likeness (QED) is 0.506. The van der Waals surface area contributed by atoms with Gasteiger partial charge >= 0.3 is 5.97 Å². The number of hydrogen-bond acceptors (Lipinski definition) is 5. The normalized spacial score (nSPS) is 10.1. The van der Waals surface area contributed by atoms with Crippen molar-refractivity contribution in [2.45, 2.75) is 0 Å². The van der Waals surface area contributed by atoms with Crippen LogP contribution in [0.5, 0.6) is 0 Å². The summed E-state index contributed by atoms with van der Waals surface area (Å²) in [4.78, 5) is 33.5. The summed E-state index contributed by atoms with van der Waals surface area (Å²) in [6, 6.07) is 8.65. The molecule has 24 heavy (non-hydrogen) atoms. The van der Waals surface area contributed by atoms with Crippen molar-refractivity contribution in [2.75, 3.05) is 11.9 Å². The number of halogens is 2. The van der Waals surface area contributed by atoms with Crippen LogP contribution in [-0.2, 0) is 9.53 Å². The Morgan fingerprint density at radius 2 is 1.96 bits per heavy atom. The molecular weight excluding hydrogens is 343 g/mol. The van der Waals surface area contributed by atoms with E-state index in [2.05, 4.69) is 5.32 Å². The van der Waals surface area contributed by atoms with Crippen LogP contribution in [0.4, 0.5) is 15.8 Å². The molecule has 0 heterocycles. The molecule has 0 saturated carbocycles. The van der Waals surface area contributed by atoms with Crippen molar-refractivity contribution < 1.29 is 23.6 Å². The van der Waals surface area contributed by atoms with E-state index in [0.717, 1.165) is 12.1 Å². The lowest BCUT2D eigenvalue weighted by Crippen LogP contribution is -2.21. The molecule has 0 spiro atoms. The van der Waals surface area contributed by atoms with E-state index < -0.39 is 29.2 Å². The molecular formula is C15H10ClFN2O5. The van der Waals surface area contributed by atoms with Crippen molar-refractivity contribution in [2.24, 2.45) is 0 Å². The van der Waals surface area contributed by atoms with Gasteiger partial charge in [0.15, 0.2) is 6.61 Å². The molecule has 0 aromatic heterocycles. The zero-order valence-corrected chi connectivity index (χ0v) is 12.7. The van der Waals surface area contributed by atoms with Crippen molar-refractivity contribution in [1.82, 2.24) is 0 Å². The molecule has 0 aliphatic rings. The number of hydrogen-bond donors (Lipinski definition) is 1. The smallest absolute Gasteiger partial charge is 0.341 e. The molecule has 0 fully saturated rings. The van der Waals surface area contributed by atoms with Crippen LogP contribution in [0.25, 0.3) is 0 Å². The molecule has 0 aliphatic heterocycles. The fourth-order valence-corrected chi connectivity index (χ4v) is 1.91. The first-order valence-corrected chi connectivity index (χ1v) is 6.91. The molecule has 0 aliphatic carbocycles. The number of amides is 1. The number of benzene rings is 2. The number of carbonyl (C=O) groups excluding carboxylic acids is 2. The monoisotopic (exact) mass is 352 g/mol. The number of rotatable bonds is 5. The number of carbonyl (C=O) groups is 2. The minimum absolute atomic E-state index is 0.00203. The van der Waals surface area contributed by atoms with E-state index in [-0.39, 0.29) is 22.0 Å². The number of anilines is 1. The molecule has 0 bridgehead atoms. The molecule has 2 aromatic rings. The molecule has 2 rings (SSSR count). The first-order chi connectivity index (χ1) is 11.4. The highest BCUT2D eigenvalue weighted by atomic mass is 35.5. The molecule has 1 amide bonds. The second-order valence-electron chi connectivity index (χ2n) is 4.53. The second-order valence-corrected chi connectivity index (χ2v) is 4.93. The summed E-state index contributed by atoms with van der Waals surface area (Å²) in [5.41, 5.74) is -0.574. The Morgan fingerprint density at radius 3 is 2.62 bits per heavy atom. The van der Waals surface area contributed by atoms with Crippen LogP contribution < -0.4 is 5.32 Å². The summed E-state index contributed by atoms with van der Waals surface area (Å²) in [7, 11) is 0. The molecule has 0 radical (unpaired) electrons. The SMILES string of the molecule is O=C(COC(=O)c1ccccc1F)Nc1cc([N+](=O)[O-])ccc1Cl. The van der Waals surface area contributed by atoms with E-state index in [1.54, 1.807) is 0 Å². The van der Waals surface area contributed by atoms with Gasteiger partial charge in [-0.1, -0.05) is 23.7 Å². The summed E-state index contributed by atoms with van der Waals surface area (Å²) >= 11 is 5.83. The lowest BCUT2D eigenvalue weighted by molar-refractivity contribution is -0.384. The lowest BCUT2D eigenvalue weighted by atomic mass is 10.2. The van der Waals surface area contributed by atoms with Crippen LogP contribution in [0.3, 0.4) is 0 Å². The topological polar surface area (TPSA) is 98.5 Å². The van der Waals surface area contributed by atoms with E-state index in [1.165, 1.54) is 30.3 Å². The van der Waals surface area contributed by atoms with Crippen LogP contribution in [0.1, 0.15) is 10.4 Å². The van der Waals surface area contributed by atoms with Crippen molar-refractivity contribution in [3.63, 3.8) is 0 Å². The fourth-order valence-electron chi connectivity index (χ4n) is 1.74. The summed E-state index contributed by atoms with van der Waals surface area (Å²) < 4.78 is 18.1. The van der Waals surface area contributed by atoms with Gasteiger partial charge in [0.05, 0.1) is 21.2 Å². The van der Waals surface area contributed by atoms with Crippen molar-refractivity contribution in [3.8, 4) is 0 Å². The Hall–Kier alpha value is -3.00. The Bertz CT molecular complexity index is 812. The Morgan fingerprint density at radius 1 is 1.25 bits per heavy atom. The van der Waals surface area contributed by atoms with Crippen LogP contribution in [0.15, 0.2) is 42.5 Å². The third-order valence-corrected chi connectivity index (χ3v) is 3.19. The van der Waals surface area contributed by atoms with E-state index in [4.69, 9.17) is 16.3 Å². The molecule has 2 aromatic carbocycles. The van der Waals surface area contributed by atoms with Gasteiger partial charge in [0, 0.05) is 12.1 Å². The van der Waals surface area contributed by atoms with E-state index in [9.17, 15) is 24.1 Å². The minimum Gasteiger partial charge on any atom is -0.452 e. The van der Waals surface area contributed by atoms with E-state index in [1.807, 2.05) is 0 Å². The molecule has 1 N–H and O–H groups in total. The minimum atomic E-state index is -1.01. The molecule has 0 unspecified atom stereocenters. The van der Waals surface area contributed by atoms with Crippen LogP contribution in [0.2, 0.25) is 5.02 Å². The van der Waals surface area contributed by atoms with Crippen LogP contribution in [0, 0.1) is 15.9 Å². The van der Waals surface area contributed by atoms with Crippen molar-refractivity contribution in [3.05, 3.63) is 69.0 Å². The summed E-state index contributed by atoms with van der Waals surface area (Å²) in [6.07, 6.45) is 0. The standard InChI is InChI=1S/C15H10ClFN2O5/c16-11-6-5-9(19(22)23)7-13(11)18-14(20)8-24-15(21)10-3-1-2-4-12(10)17/h1-7H,8H2,(H,18,20). The predicted octanol–water partition coefficient (Wildman–Crippen LogP) is 3.18. The van der Waals surface area contributed by atoms with E-state index >= 15 is 0 Å². The lowest BCUT2D eigenvalue weighted by Gasteiger charge is -2.08. The number of esters is 1. The Labute approximate surface area is 140 Å². The number of nitrogens with one attached hydrogen (secondary N) is 1. The second kappa shape index (κ2) is 7.51.